The second kappa shape index (κ2) is 9.83. The summed E-state index contributed by atoms with van der Waals surface area (Å²) in [5, 5.41) is 10.2. The molecule has 0 aliphatic rings. The summed E-state index contributed by atoms with van der Waals surface area (Å²) >= 11 is 1.06. The largest absolute Gasteiger partial charge is 0.455 e. The van der Waals surface area contributed by atoms with Crippen molar-refractivity contribution in [2.24, 2.45) is 0 Å². The van der Waals surface area contributed by atoms with Crippen LogP contribution in [0.25, 0.3) is 11.5 Å². The fourth-order valence-corrected chi connectivity index (χ4v) is 2.89. The number of thioether (sulfide) groups is 1. The van der Waals surface area contributed by atoms with Gasteiger partial charge in [-0.05, 0) is 31.2 Å². The summed E-state index contributed by atoms with van der Waals surface area (Å²) in [5.41, 5.74) is 1.99. The van der Waals surface area contributed by atoms with Crippen LogP contribution < -0.4 is 5.32 Å². The maximum atomic E-state index is 13.5. The monoisotopic (exact) mass is 415 g/mol. The van der Waals surface area contributed by atoms with Gasteiger partial charge in [-0.1, -0.05) is 29.8 Å². The highest BCUT2D eigenvalue weighted by molar-refractivity contribution is 8.00. The first-order chi connectivity index (χ1) is 14.0. The molecule has 0 unspecified atom stereocenters. The SMILES string of the molecule is Cc1ccc(-c2nnc(COC(=O)CSCC(=O)Nc3ccccc3F)o2)cc1. The van der Waals surface area contributed by atoms with E-state index in [1.807, 2.05) is 31.2 Å². The van der Waals surface area contributed by atoms with E-state index in [4.69, 9.17) is 9.15 Å². The van der Waals surface area contributed by atoms with Crippen LogP contribution in [0.15, 0.2) is 52.9 Å². The van der Waals surface area contributed by atoms with Gasteiger partial charge in [0.25, 0.3) is 5.89 Å². The number of halogens is 1. The maximum absolute atomic E-state index is 13.5. The Morgan fingerprint density at radius 2 is 1.86 bits per heavy atom. The number of nitrogens with one attached hydrogen (secondary N) is 1. The molecular formula is C20H18FN3O4S. The predicted molar refractivity (Wildman–Crippen MR) is 107 cm³/mol. The van der Waals surface area contributed by atoms with Crippen molar-refractivity contribution in [3.8, 4) is 11.5 Å². The van der Waals surface area contributed by atoms with E-state index >= 15 is 0 Å². The van der Waals surface area contributed by atoms with Crippen LogP contribution >= 0.6 is 11.8 Å². The molecule has 0 radical (unpaired) electrons. The Bertz CT molecular complexity index is 991. The molecule has 0 aliphatic heterocycles. The third kappa shape index (κ3) is 6.15. The van der Waals surface area contributed by atoms with E-state index in [1.165, 1.54) is 18.2 Å². The zero-order valence-corrected chi connectivity index (χ0v) is 16.4. The molecule has 0 bridgehead atoms. The van der Waals surface area contributed by atoms with Crippen molar-refractivity contribution in [2.75, 3.05) is 16.8 Å². The molecule has 1 heterocycles. The Hall–Kier alpha value is -3.20. The van der Waals surface area contributed by atoms with E-state index < -0.39 is 17.7 Å². The van der Waals surface area contributed by atoms with Crippen molar-refractivity contribution >= 4 is 29.3 Å². The van der Waals surface area contributed by atoms with E-state index in [1.54, 1.807) is 6.07 Å². The number of aryl methyl sites for hydroxylation is 1. The topological polar surface area (TPSA) is 94.3 Å². The normalized spacial score (nSPS) is 10.6. The second-order valence-electron chi connectivity index (χ2n) is 6.05. The van der Waals surface area contributed by atoms with Crippen LogP contribution in [0.3, 0.4) is 0 Å². The highest BCUT2D eigenvalue weighted by atomic mass is 32.2. The molecule has 0 saturated heterocycles. The summed E-state index contributed by atoms with van der Waals surface area (Å²) in [4.78, 5) is 23.6. The number of carbonyl (C=O) groups is 2. The number of nitrogens with zero attached hydrogens (tertiary/aromatic N) is 2. The Balaban J connectivity index is 1.38. The van der Waals surface area contributed by atoms with Crippen molar-refractivity contribution in [1.82, 2.24) is 10.2 Å². The van der Waals surface area contributed by atoms with Gasteiger partial charge in [0.05, 0.1) is 17.2 Å². The summed E-state index contributed by atoms with van der Waals surface area (Å²) < 4.78 is 24.0. The van der Waals surface area contributed by atoms with E-state index in [0.717, 1.165) is 22.9 Å². The second-order valence-corrected chi connectivity index (χ2v) is 7.03. The van der Waals surface area contributed by atoms with Gasteiger partial charge in [0.15, 0.2) is 6.61 Å². The van der Waals surface area contributed by atoms with Gasteiger partial charge in [0, 0.05) is 5.56 Å². The van der Waals surface area contributed by atoms with Crippen molar-refractivity contribution in [1.29, 1.82) is 0 Å². The summed E-state index contributed by atoms with van der Waals surface area (Å²) in [6.07, 6.45) is 0. The Kier molecular flexibility index (Phi) is 6.96. The smallest absolute Gasteiger partial charge is 0.316 e. The zero-order chi connectivity index (χ0) is 20.6. The first kappa shape index (κ1) is 20.5. The first-order valence-electron chi connectivity index (χ1n) is 8.68. The minimum Gasteiger partial charge on any atom is -0.455 e. The van der Waals surface area contributed by atoms with Gasteiger partial charge in [-0.3, -0.25) is 9.59 Å². The third-order valence-electron chi connectivity index (χ3n) is 3.72. The molecule has 0 atom stereocenters. The predicted octanol–water partition coefficient (Wildman–Crippen LogP) is 3.60. The van der Waals surface area contributed by atoms with Crippen molar-refractivity contribution in [2.45, 2.75) is 13.5 Å². The highest BCUT2D eigenvalue weighted by Gasteiger charge is 2.12. The van der Waals surface area contributed by atoms with Crippen LogP contribution in [0, 0.1) is 12.7 Å². The van der Waals surface area contributed by atoms with Crippen molar-refractivity contribution < 1.29 is 23.1 Å². The fraction of sp³-hybridized carbons (Fsp3) is 0.200. The standard InChI is InChI=1S/C20H18FN3O4S/c1-13-6-8-14(9-7-13)20-24-23-18(28-20)10-27-19(26)12-29-11-17(25)22-16-5-3-2-4-15(16)21/h2-9H,10-12H2,1H3,(H,22,25). The van der Waals surface area contributed by atoms with E-state index in [9.17, 15) is 14.0 Å². The molecule has 0 spiro atoms. The van der Waals surface area contributed by atoms with Gasteiger partial charge in [-0.2, -0.15) is 0 Å². The average molecular weight is 415 g/mol. The lowest BCUT2D eigenvalue weighted by Gasteiger charge is -2.06. The fourth-order valence-electron chi connectivity index (χ4n) is 2.28. The van der Waals surface area contributed by atoms with E-state index in [-0.39, 0.29) is 29.7 Å². The number of hydrogen-bond acceptors (Lipinski definition) is 7. The quantitative estimate of drug-likeness (QED) is 0.562. The van der Waals surface area contributed by atoms with Crippen LogP contribution in [-0.2, 0) is 20.9 Å². The molecule has 150 valence electrons. The highest BCUT2D eigenvalue weighted by Crippen LogP contribution is 2.18. The molecule has 0 saturated carbocycles. The minimum absolute atomic E-state index is 0.0123. The number of ether oxygens (including phenoxy) is 1. The summed E-state index contributed by atoms with van der Waals surface area (Å²) in [6, 6.07) is 13.4. The number of esters is 1. The van der Waals surface area contributed by atoms with Gasteiger partial charge < -0.3 is 14.5 Å². The molecule has 0 aliphatic carbocycles. The van der Waals surface area contributed by atoms with Crippen LogP contribution in [0.2, 0.25) is 0 Å². The van der Waals surface area contributed by atoms with Crippen molar-refractivity contribution in [3.05, 3.63) is 65.8 Å². The molecular weight excluding hydrogens is 397 g/mol. The lowest BCUT2D eigenvalue weighted by atomic mass is 10.1. The van der Waals surface area contributed by atoms with Crippen molar-refractivity contribution in [3.63, 3.8) is 0 Å². The number of anilines is 1. The Morgan fingerprint density at radius 3 is 2.62 bits per heavy atom. The number of benzene rings is 2. The minimum atomic E-state index is -0.524. The Morgan fingerprint density at radius 1 is 1.10 bits per heavy atom. The summed E-state index contributed by atoms with van der Waals surface area (Å²) in [7, 11) is 0. The zero-order valence-electron chi connectivity index (χ0n) is 15.6. The molecule has 1 N–H and O–H groups in total. The number of amides is 1. The van der Waals surface area contributed by atoms with Crippen LogP contribution in [0.4, 0.5) is 10.1 Å². The number of hydrogen-bond donors (Lipinski definition) is 1. The Labute approximate surface area is 170 Å². The van der Waals surface area contributed by atoms with Gasteiger partial charge in [0.1, 0.15) is 5.82 Å². The van der Waals surface area contributed by atoms with Crippen LogP contribution in [0.5, 0.6) is 0 Å². The third-order valence-corrected chi connectivity index (χ3v) is 4.63. The summed E-state index contributed by atoms with van der Waals surface area (Å²) in [5.74, 6) is -0.983. The van der Waals surface area contributed by atoms with E-state index in [0.29, 0.717) is 5.89 Å². The molecule has 1 amide bonds. The number of carbonyl (C=O) groups excluding carboxylic acids is 2. The van der Waals surface area contributed by atoms with Gasteiger partial charge in [0.2, 0.25) is 11.8 Å². The van der Waals surface area contributed by atoms with Gasteiger partial charge >= 0.3 is 5.97 Å². The van der Waals surface area contributed by atoms with Gasteiger partial charge in [-0.25, -0.2) is 4.39 Å². The molecule has 3 rings (SSSR count). The van der Waals surface area contributed by atoms with Crippen LogP contribution in [0.1, 0.15) is 11.5 Å². The number of rotatable bonds is 8. The molecule has 1 aromatic heterocycles. The lowest BCUT2D eigenvalue weighted by molar-refractivity contribution is -0.142. The average Bonchev–Trinajstić information content (AvgIpc) is 3.18. The molecule has 3 aromatic rings. The molecule has 7 nitrogen and oxygen atoms in total. The number of para-hydroxylation sites is 1. The summed E-state index contributed by atoms with van der Waals surface area (Å²) in [6.45, 7) is 1.82. The molecule has 2 aromatic carbocycles. The maximum Gasteiger partial charge on any atom is 0.316 e. The van der Waals surface area contributed by atoms with Crippen LogP contribution in [-0.4, -0.2) is 33.6 Å². The molecule has 29 heavy (non-hydrogen) atoms. The van der Waals surface area contributed by atoms with Gasteiger partial charge in [-0.15, -0.1) is 22.0 Å². The molecule has 9 heteroatoms. The van der Waals surface area contributed by atoms with E-state index in [2.05, 4.69) is 15.5 Å². The lowest BCUT2D eigenvalue weighted by Crippen LogP contribution is -2.17. The molecule has 0 fully saturated rings. The number of aromatic nitrogens is 2. The first-order valence-corrected chi connectivity index (χ1v) is 9.84.